The van der Waals surface area contributed by atoms with E-state index in [-0.39, 0.29) is 0 Å². The number of benzene rings is 1. The van der Waals surface area contributed by atoms with Crippen LogP contribution in [-0.2, 0) is 6.42 Å². The Labute approximate surface area is 115 Å². The van der Waals surface area contributed by atoms with Gasteiger partial charge in [-0.1, -0.05) is 17.7 Å². The van der Waals surface area contributed by atoms with E-state index >= 15 is 0 Å². The average Bonchev–Trinajstić information content (AvgIpc) is 2.74. The van der Waals surface area contributed by atoms with E-state index in [1.807, 2.05) is 12.3 Å². The minimum atomic E-state index is -0.640. The Hall–Kier alpha value is -1.10. The van der Waals surface area contributed by atoms with Crippen LogP contribution < -0.4 is 4.74 Å². The highest BCUT2D eigenvalue weighted by Gasteiger charge is 2.15. The summed E-state index contributed by atoms with van der Waals surface area (Å²) in [4.78, 5) is 4.34. The van der Waals surface area contributed by atoms with Crippen LogP contribution in [0.5, 0.6) is 5.75 Å². The van der Waals surface area contributed by atoms with Crippen LogP contribution in [0.4, 0.5) is 0 Å². The molecule has 0 aliphatic heterocycles. The third kappa shape index (κ3) is 3.02. The van der Waals surface area contributed by atoms with Gasteiger partial charge in [0, 0.05) is 22.4 Å². The van der Waals surface area contributed by atoms with Crippen LogP contribution in [0.3, 0.4) is 0 Å². The molecule has 3 nitrogen and oxygen atoms in total. The van der Waals surface area contributed by atoms with Gasteiger partial charge in [0.25, 0.3) is 0 Å². The molecule has 1 heterocycles. The third-order valence-electron chi connectivity index (χ3n) is 2.62. The van der Waals surface area contributed by atoms with Crippen molar-refractivity contribution in [1.82, 2.24) is 4.98 Å². The number of aryl methyl sites for hydroxylation is 1. The predicted molar refractivity (Wildman–Crippen MR) is 73.5 cm³/mol. The van der Waals surface area contributed by atoms with Gasteiger partial charge in [0.05, 0.1) is 23.9 Å². The highest BCUT2D eigenvalue weighted by atomic mass is 35.5. The van der Waals surface area contributed by atoms with Crippen molar-refractivity contribution in [3.8, 4) is 5.75 Å². The number of rotatable bonds is 4. The van der Waals surface area contributed by atoms with Gasteiger partial charge in [0.1, 0.15) is 5.75 Å². The van der Waals surface area contributed by atoms with E-state index in [1.165, 1.54) is 0 Å². The van der Waals surface area contributed by atoms with E-state index in [0.29, 0.717) is 17.2 Å². The lowest BCUT2D eigenvalue weighted by atomic mass is 10.0. The van der Waals surface area contributed by atoms with E-state index in [9.17, 15) is 5.11 Å². The Morgan fingerprint density at radius 3 is 2.89 bits per heavy atom. The van der Waals surface area contributed by atoms with Crippen LogP contribution in [-0.4, -0.2) is 17.2 Å². The van der Waals surface area contributed by atoms with Gasteiger partial charge in [-0.2, -0.15) is 0 Å². The fraction of sp³-hybridized carbons (Fsp3) is 0.308. The van der Waals surface area contributed by atoms with Crippen molar-refractivity contribution in [3.63, 3.8) is 0 Å². The lowest BCUT2D eigenvalue weighted by molar-refractivity contribution is 0.173. The summed E-state index contributed by atoms with van der Waals surface area (Å²) in [5.41, 5.74) is 1.62. The average molecular weight is 284 g/mol. The fourth-order valence-electron chi connectivity index (χ4n) is 1.77. The Morgan fingerprint density at radius 1 is 1.50 bits per heavy atom. The molecule has 1 aromatic carbocycles. The van der Waals surface area contributed by atoms with Crippen LogP contribution in [0.25, 0.3) is 0 Å². The monoisotopic (exact) mass is 283 g/mol. The first kappa shape index (κ1) is 13.3. The van der Waals surface area contributed by atoms with Gasteiger partial charge in [0.2, 0.25) is 0 Å². The minimum Gasteiger partial charge on any atom is -0.496 e. The van der Waals surface area contributed by atoms with Crippen molar-refractivity contribution in [1.29, 1.82) is 0 Å². The minimum absolute atomic E-state index is 0.475. The van der Waals surface area contributed by atoms with Gasteiger partial charge in [-0.3, -0.25) is 0 Å². The van der Waals surface area contributed by atoms with E-state index in [2.05, 4.69) is 4.98 Å². The van der Waals surface area contributed by atoms with Crippen LogP contribution in [0, 0.1) is 6.92 Å². The molecule has 0 radical (unpaired) electrons. The number of halogens is 1. The molecule has 0 aliphatic rings. The molecule has 1 atom stereocenters. The molecule has 0 saturated carbocycles. The van der Waals surface area contributed by atoms with Gasteiger partial charge in [0.15, 0.2) is 0 Å². The second-order valence-electron chi connectivity index (χ2n) is 3.96. The zero-order chi connectivity index (χ0) is 13.1. The zero-order valence-electron chi connectivity index (χ0n) is 10.2. The molecule has 0 fully saturated rings. The van der Waals surface area contributed by atoms with E-state index < -0.39 is 6.10 Å². The standard InChI is InChI=1S/C13H14ClNO2S/c1-8-15-10(7-18-8)6-12(16)11-4-3-9(14)5-13(11)17-2/h3-5,7,12,16H,6H2,1-2H3. The lowest BCUT2D eigenvalue weighted by Crippen LogP contribution is -2.04. The third-order valence-corrected chi connectivity index (χ3v) is 3.68. The number of nitrogens with zero attached hydrogens (tertiary/aromatic N) is 1. The summed E-state index contributed by atoms with van der Waals surface area (Å²) < 4.78 is 5.23. The summed E-state index contributed by atoms with van der Waals surface area (Å²) in [5.74, 6) is 0.599. The molecular weight excluding hydrogens is 270 g/mol. The Morgan fingerprint density at radius 2 is 2.28 bits per heavy atom. The maximum Gasteiger partial charge on any atom is 0.126 e. The molecule has 1 N–H and O–H groups in total. The van der Waals surface area contributed by atoms with E-state index in [1.54, 1.807) is 36.6 Å². The molecule has 0 spiro atoms. The van der Waals surface area contributed by atoms with Crippen molar-refractivity contribution < 1.29 is 9.84 Å². The molecule has 2 rings (SSSR count). The highest BCUT2D eigenvalue weighted by molar-refractivity contribution is 7.09. The summed E-state index contributed by atoms with van der Waals surface area (Å²) >= 11 is 7.47. The van der Waals surface area contributed by atoms with Gasteiger partial charge in [-0.05, 0) is 19.1 Å². The molecule has 1 unspecified atom stereocenters. The van der Waals surface area contributed by atoms with Crippen molar-refractivity contribution in [3.05, 3.63) is 44.9 Å². The Kier molecular flexibility index (Phi) is 4.22. The zero-order valence-corrected chi connectivity index (χ0v) is 11.8. The molecule has 2 aromatic rings. The van der Waals surface area contributed by atoms with E-state index in [4.69, 9.17) is 16.3 Å². The summed E-state index contributed by atoms with van der Waals surface area (Å²) in [7, 11) is 1.56. The smallest absolute Gasteiger partial charge is 0.126 e. The molecule has 1 aromatic heterocycles. The number of aliphatic hydroxyl groups excluding tert-OH is 1. The Bertz CT molecular complexity index is 542. The molecule has 0 aliphatic carbocycles. The Balaban J connectivity index is 2.20. The SMILES string of the molecule is COc1cc(Cl)ccc1C(O)Cc1csc(C)n1. The first-order valence-corrected chi connectivity index (χ1v) is 6.78. The number of hydrogen-bond donors (Lipinski definition) is 1. The largest absolute Gasteiger partial charge is 0.496 e. The number of thiazole rings is 1. The van der Waals surface area contributed by atoms with E-state index in [0.717, 1.165) is 16.3 Å². The summed E-state index contributed by atoms with van der Waals surface area (Å²) in [6.45, 7) is 1.95. The molecule has 0 bridgehead atoms. The normalized spacial score (nSPS) is 12.4. The van der Waals surface area contributed by atoms with Crippen LogP contribution in [0.1, 0.15) is 22.4 Å². The number of aromatic nitrogens is 1. The second-order valence-corrected chi connectivity index (χ2v) is 5.46. The quantitative estimate of drug-likeness (QED) is 0.935. The number of ether oxygens (including phenoxy) is 1. The lowest BCUT2D eigenvalue weighted by Gasteiger charge is -2.14. The van der Waals surface area contributed by atoms with Gasteiger partial charge >= 0.3 is 0 Å². The highest BCUT2D eigenvalue weighted by Crippen LogP contribution is 2.30. The summed E-state index contributed by atoms with van der Waals surface area (Å²) in [5, 5.41) is 13.8. The molecule has 5 heteroatoms. The summed E-state index contributed by atoms with van der Waals surface area (Å²) in [6, 6.07) is 5.23. The van der Waals surface area contributed by atoms with Crippen LogP contribution in [0.15, 0.2) is 23.6 Å². The van der Waals surface area contributed by atoms with Crippen LogP contribution >= 0.6 is 22.9 Å². The van der Waals surface area contributed by atoms with Crippen molar-refractivity contribution >= 4 is 22.9 Å². The maximum absolute atomic E-state index is 10.2. The van der Waals surface area contributed by atoms with Gasteiger partial charge < -0.3 is 9.84 Å². The molecule has 0 saturated heterocycles. The topological polar surface area (TPSA) is 42.4 Å². The van der Waals surface area contributed by atoms with Gasteiger partial charge in [-0.15, -0.1) is 11.3 Å². The van der Waals surface area contributed by atoms with Crippen LogP contribution in [0.2, 0.25) is 5.02 Å². The first-order valence-electron chi connectivity index (χ1n) is 5.52. The fourth-order valence-corrected chi connectivity index (χ4v) is 2.56. The number of aliphatic hydroxyl groups is 1. The molecule has 18 heavy (non-hydrogen) atoms. The predicted octanol–water partition coefficient (Wildman–Crippen LogP) is 3.39. The second kappa shape index (κ2) is 5.69. The van der Waals surface area contributed by atoms with Crippen molar-refractivity contribution in [2.45, 2.75) is 19.4 Å². The van der Waals surface area contributed by atoms with Crippen molar-refractivity contribution in [2.24, 2.45) is 0 Å². The maximum atomic E-state index is 10.2. The van der Waals surface area contributed by atoms with Gasteiger partial charge in [-0.25, -0.2) is 4.98 Å². The number of hydrogen-bond acceptors (Lipinski definition) is 4. The number of methoxy groups -OCH3 is 1. The molecular formula is C13H14ClNO2S. The molecule has 0 amide bonds. The summed E-state index contributed by atoms with van der Waals surface area (Å²) in [6.07, 6.45) is -0.166. The van der Waals surface area contributed by atoms with Crippen molar-refractivity contribution in [2.75, 3.05) is 7.11 Å². The molecule has 96 valence electrons. The first-order chi connectivity index (χ1) is 8.60.